The Kier molecular flexibility index (Phi) is 14.3. The van der Waals surface area contributed by atoms with E-state index in [-0.39, 0.29) is 39.7 Å². The fourth-order valence-corrected chi connectivity index (χ4v) is 0.773. The second kappa shape index (κ2) is 11.4. The normalized spacial score (nSPS) is 8.22. The summed E-state index contributed by atoms with van der Waals surface area (Å²) in [5, 5.41) is 20.5. The summed E-state index contributed by atoms with van der Waals surface area (Å²) in [6, 6.07) is 4.81. The maximum atomic E-state index is 10.3. The average molecular weight is 283 g/mol. The zero-order valence-electron chi connectivity index (χ0n) is 10.6. The van der Waals surface area contributed by atoms with Crippen molar-refractivity contribution >= 4 is 42.9 Å². The van der Waals surface area contributed by atoms with Crippen molar-refractivity contribution in [1.29, 1.82) is 0 Å². The molecule has 5 nitrogen and oxygen atoms in total. The molecular formula is C11H15MgO5P. The first kappa shape index (κ1) is 22.5. The van der Waals surface area contributed by atoms with Gasteiger partial charge in [-0.05, 0) is 37.2 Å². The first-order chi connectivity index (χ1) is 7.34. The minimum Gasteiger partial charge on any atom is -0.545 e. The number of hydrogen-bond acceptors (Lipinski definition) is 4. The van der Waals surface area contributed by atoms with Gasteiger partial charge in [-0.1, -0.05) is 18.2 Å². The number of rotatable bonds is 2. The number of carbonyl (C=O) groups excluding carboxylic acids is 2. The molecule has 0 unspecified atom stereocenters. The molecule has 0 fully saturated rings. The number of hydrogen-bond donors (Lipinski definition) is 0. The predicted octanol–water partition coefficient (Wildman–Crippen LogP) is -1.43. The molecular weight excluding hydrogens is 267 g/mol. The van der Waals surface area contributed by atoms with E-state index in [2.05, 4.69) is 20.0 Å². The van der Waals surface area contributed by atoms with Crippen LogP contribution in [-0.4, -0.2) is 60.5 Å². The molecule has 0 aliphatic heterocycles. The van der Waals surface area contributed by atoms with Gasteiger partial charge in [-0.2, -0.15) is 0 Å². The Morgan fingerprint density at radius 1 is 1.00 bits per heavy atom. The summed E-state index contributed by atoms with van der Waals surface area (Å²) < 4.78 is 0. The van der Waals surface area contributed by atoms with Crippen LogP contribution in [0.4, 0.5) is 0 Å². The van der Waals surface area contributed by atoms with Crippen molar-refractivity contribution in [3.05, 3.63) is 35.4 Å². The second-order valence-corrected chi connectivity index (χ2v) is 6.18. The van der Waals surface area contributed by atoms with Crippen LogP contribution in [0.1, 0.15) is 20.7 Å². The maximum Gasteiger partial charge on any atom is 2.00 e. The molecule has 0 amide bonds. The molecule has 0 radical (unpaired) electrons. The Hall–Kier alpha value is -0.684. The van der Waals surface area contributed by atoms with Crippen molar-refractivity contribution in [3.8, 4) is 0 Å². The summed E-state index contributed by atoms with van der Waals surface area (Å²) in [4.78, 5) is 20.5. The van der Waals surface area contributed by atoms with Gasteiger partial charge in [-0.3, -0.25) is 0 Å². The minimum atomic E-state index is -1.40. The van der Waals surface area contributed by atoms with Crippen LogP contribution in [0.5, 0.6) is 0 Å². The molecule has 0 aliphatic rings. The molecule has 0 spiro atoms. The van der Waals surface area contributed by atoms with Gasteiger partial charge in [0.05, 0.1) is 11.9 Å². The molecule has 18 heavy (non-hydrogen) atoms. The van der Waals surface area contributed by atoms with E-state index in [4.69, 9.17) is 0 Å². The minimum absolute atomic E-state index is 0. The molecule has 96 valence electrons. The van der Waals surface area contributed by atoms with Gasteiger partial charge in [0.25, 0.3) is 0 Å². The molecule has 7 heteroatoms. The Labute approximate surface area is 123 Å². The van der Waals surface area contributed by atoms with Gasteiger partial charge in [0.15, 0.2) is 0 Å². The largest absolute Gasteiger partial charge is 2.00 e. The van der Waals surface area contributed by atoms with E-state index in [0.29, 0.717) is 7.92 Å². The summed E-state index contributed by atoms with van der Waals surface area (Å²) in [6.07, 6.45) is 0. The first-order valence-electron chi connectivity index (χ1n) is 4.48. The van der Waals surface area contributed by atoms with E-state index in [1.54, 1.807) is 0 Å². The average Bonchev–Trinajstić information content (AvgIpc) is 2.17. The van der Waals surface area contributed by atoms with Crippen LogP contribution in [0.2, 0.25) is 0 Å². The van der Waals surface area contributed by atoms with Gasteiger partial charge >= 0.3 is 23.1 Å². The number of carboxylic acids is 2. The molecule has 0 saturated heterocycles. The van der Waals surface area contributed by atoms with Crippen LogP contribution in [0.25, 0.3) is 0 Å². The summed E-state index contributed by atoms with van der Waals surface area (Å²) in [7, 11) is 0.380. The molecule has 1 rings (SSSR count). The van der Waals surface area contributed by atoms with Crippen molar-refractivity contribution in [2.24, 2.45) is 0 Å². The topological polar surface area (TPSA) is 112 Å². The summed E-state index contributed by atoms with van der Waals surface area (Å²) >= 11 is 0. The third-order valence-corrected chi connectivity index (χ3v) is 1.33. The zero-order valence-corrected chi connectivity index (χ0v) is 12.9. The third kappa shape index (κ3) is 10.5. The van der Waals surface area contributed by atoms with E-state index in [1.807, 2.05) is 0 Å². The SMILES string of the molecule is CP(C)C.O.O=C([O-])c1cccc(C(=O)[O-])c1.[Mg+2]. The third-order valence-electron chi connectivity index (χ3n) is 1.33. The van der Waals surface area contributed by atoms with E-state index in [9.17, 15) is 19.8 Å². The molecule has 0 saturated carbocycles. The van der Waals surface area contributed by atoms with Gasteiger partial charge in [0.2, 0.25) is 0 Å². The Morgan fingerprint density at radius 2 is 1.28 bits per heavy atom. The summed E-state index contributed by atoms with van der Waals surface area (Å²) in [5.41, 5.74) is -0.339. The molecule has 0 aromatic heterocycles. The maximum absolute atomic E-state index is 10.3. The van der Waals surface area contributed by atoms with E-state index >= 15 is 0 Å². The van der Waals surface area contributed by atoms with Gasteiger partial charge < -0.3 is 25.3 Å². The molecule has 1 aromatic carbocycles. The zero-order chi connectivity index (χ0) is 12.7. The number of carbonyl (C=O) groups is 2. The fourth-order valence-electron chi connectivity index (χ4n) is 0.773. The standard InChI is InChI=1S/C8H6O4.C3H9P.Mg.H2O/c9-7(10)5-2-1-3-6(4-5)8(11)12;1-4(2)3;;/h1-4H,(H,9,10)(H,11,12);1-3H3;;1H2/q;;+2;/p-2. The number of aromatic carboxylic acids is 2. The smallest absolute Gasteiger partial charge is 0.545 e. The molecule has 2 N–H and O–H groups in total. The van der Waals surface area contributed by atoms with Crippen molar-refractivity contribution < 1.29 is 25.3 Å². The van der Waals surface area contributed by atoms with Crippen LogP contribution < -0.4 is 10.2 Å². The second-order valence-electron chi connectivity index (χ2n) is 3.50. The number of carboxylic acid groups (broad SMARTS) is 2. The van der Waals surface area contributed by atoms with Gasteiger partial charge in [-0.15, -0.1) is 7.92 Å². The van der Waals surface area contributed by atoms with E-state index in [0.717, 1.165) is 6.07 Å². The van der Waals surface area contributed by atoms with Crippen LogP contribution >= 0.6 is 7.92 Å². The van der Waals surface area contributed by atoms with E-state index < -0.39 is 11.9 Å². The van der Waals surface area contributed by atoms with Crippen LogP contribution in [0, 0.1) is 0 Å². The summed E-state index contributed by atoms with van der Waals surface area (Å²) in [6.45, 7) is 6.69. The molecule has 0 atom stereocenters. The van der Waals surface area contributed by atoms with E-state index in [1.165, 1.54) is 18.2 Å². The van der Waals surface area contributed by atoms with Crippen molar-refractivity contribution in [2.75, 3.05) is 20.0 Å². The van der Waals surface area contributed by atoms with Crippen molar-refractivity contribution in [3.63, 3.8) is 0 Å². The van der Waals surface area contributed by atoms with Gasteiger partial charge in [0, 0.05) is 0 Å². The Bertz CT molecular complexity index is 349. The van der Waals surface area contributed by atoms with Crippen LogP contribution in [0.3, 0.4) is 0 Å². The Morgan fingerprint density at radius 3 is 1.50 bits per heavy atom. The van der Waals surface area contributed by atoms with Crippen molar-refractivity contribution in [1.82, 2.24) is 0 Å². The fraction of sp³-hybridized carbons (Fsp3) is 0.273. The molecule has 0 heterocycles. The molecule has 0 aliphatic carbocycles. The monoisotopic (exact) mass is 282 g/mol. The predicted molar refractivity (Wildman–Crippen MR) is 69.2 cm³/mol. The van der Waals surface area contributed by atoms with Crippen LogP contribution in [0.15, 0.2) is 24.3 Å². The number of benzene rings is 1. The van der Waals surface area contributed by atoms with Gasteiger partial charge in [-0.25, -0.2) is 0 Å². The first-order valence-corrected chi connectivity index (χ1v) is 7.16. The van der Waals surface area contributed by atoms with Crippen molar-refractivity contribution in [2.45, 2.75) is 0 Å². The Balaban J connectivity index is -0.000000332. The molecule has 1 aromatic rings. The van der Waals surface area contributed by atoms with Gasteiger partial charge in [0.1, 0.15) is 0 Å². The van der Waals surface area contributed by atoms with Crippen LogP contribution in [-0.2, 0) is 0 Å². The molecule has 0 bridgehead atoms. The summed E-state index contributed by atoms with van der Waals surface area (Å²) in [5.74, 6) is -2.81. The quantitative estimate of drug-likeness (QED) is 0.488.